The Morgan fingerprint density at radius 1 is 1.18 bits per heavy atom. The predicted octanol–water partition coefficient (Wildman–Crippen LogP) is 4.20. The molecule has 0 saturated heterocycles. The highest BCUT2D eigenvalue weighted by atomic mass is 32.1. The molecular weight excluding hydrogens is 378 g/mol. The van der Waals surface area contributed by atoms with Crippen LogP contribution in [0.5, 0.6) is 11.5 Å². The number of hydrogen-bond donors (Lipinski definition) is 1. The van der Waals surface area contributed by atoms with Gasteiger partial charge in [-0.05, 0) is 23.9 Å². The highest BCUT2D eigenvalue weighted by Crippen LogP contribution is 2.45. The number of benzene rings is 1. The Morgan fingerprint density at radius 3 is 2.25 bits per heavy atom. The Hall–Kier alpha value is -2.80. The molecule has 0 fully saturated rings. The van der Waals surface area contributed by atoms with E-state index in [1.165, 1.54) is 30.5 Å². The Labute approximate surface area is 168 Å². The van der Waals surface area contributed by atoms with Gasteiger partial charge in [0.05, 0.1) is 25.5 Å². The van der Waals surface area contributed by atoms with Crippen molar-refractivity contribution >= 4 is 28.7 Å². The van der Waals surface area contributed by atoms with Gasteiger partial charge < -0.3 is 14.6 Å². The molecule has 0 radical (unpaired) electrons. The first kappa shape index (κ1) is 19.9. The van der Waals surface area contributed by atoms with Crippen molar-refractivity contribution < 1.29 is 24.2 Å². The molecule has 7 heteroatoms. The average Bonchev–Trinajstić information content (AvgIpc) is 3.21. The summed E-state index contributed by atoms with van der Waals surface area (Å²) in [6, 6.07) is 6.31. The van der Waals surface area contributed by atoms with E-state index in [9.17, 15) is 14.7 Å². The lowest BCUT2D eigenvalue weighted by molar-refractivity contribution is -0.119. The van der Waals surface area contributed by atoms with Crippen LogP contribution in [0.15, 0.2) is 41.0 Å². The first-order chi connectivity index (χ1) is 13.3. The van der Waals surface area contributed by atoms with Crippen LogP contribution in [0.4, 0.5) is 5.69 Å². The number of anilines is 1. The summed E-state index contributed by atoms with van der Waals surface area (Å²) >= 11 is 1.45. The third kappa shape index (κ3) is 3.26. The van der Waals surface area contributed by atoms with E-state index in [0.717, 1.165) is 10.4 Å². The fourth-order valence-electron chi connectivity index (χ4n) is 3.28. The van der Waals surface area contributed by atoms with Gasteiger partial charge in [-0.2, -0.15) is 0 Å². The van der Waals surface area contributed by atoms with E-state index in [-0.39, 0.29) is 17.3 Å². The lowest BCUT2D eigenvalue weighted by Gasteiger charge is -2.27. The molecule has 1 unspecified atom stereocenters. The van der Waals surface area contributed by atoms with Crippen molar-refractivity contribution in [2.45, 2.75) is 26.8 Å². The molecule has 6 nitrogen and oxygen atoms in total. The minimum Gasteiger partial charge on any atom is -0.503 e. The topological polar surface area (TPSA) is 76.1 Å². The Kier molecular flexibility index (Phi) is 5.47. The van der Waals surface area contributed by atoms with Crippen LogP contribution in [-0.2, 0) is 9.59 Å². The smallest absolute Gasteiger partial charge is 0.294 e. The lowest BCUT2D eigenvalue weighted by Crippen LogP contribution is -2.31. The number of aryl methyl sites for hydroxylation is 1. The molecule has 148 valence electrons. The summed E-state index contributed by atoms with van der Waals surface area (Å²) in [4.78, 5) is 28.2. The van der Waals surface area contributed by atoms with Crippen molar-refractivity contribution in [3.63, 3.8) is 0 Å². The molecule has 3 rings (SSSR count). The second kappa shape index (κ2) is 7.67. The summed E-state index contributed by atoms with van der Waals surface area (Å²) in [5.74, 6) is -0.706. The quantitative estimate of drug-likeness (QED) is 0.785. The minimum absolute atomic E-state index is 0.132. The van der Waals surface area contributed by atoms with Gasteiger partial charge in [0, 0.05) is 29.0 Å². The SMILES string of the molecule is COc1cc(OC)cc(N2C(=O)C(O)=C(C(=O)C(C)C)C2c2sccc2C)c1. The van der Waals surface area contributed by atoms with Crippen LogP contribution in [0.1, 0.15) is 30.3 Å². The van der Waals surface area contributed by atoms with E-state index in [1.54, 1.807) is 32.0 Å². The molecule has 1 aliphatic heterocycles. The van der Waals surface area contributed by atoms with Gasteiger partial charge in [-0.3, -0.25) is 14.5 Å². The van der Waals surface area contributed by atoms with E-state index < -0.39 is 17.7 Å². The van der Waals surface area contributed by atoms with E-state index in [2.05, 4.69) is 0 Å². The Balaban J connectivity index is 2.22. The second-order valence-corrected chi connectivity index (χ2v) is 7.85. The number of nitrogens with zero attached hydrogens (tertiary/aromatic N) is 1. The van der Waals surface area contributed by atoms with E-state index >= 15 is 0 Å². The van der Waals surface area contributed by atoms with E-state index in [4.69, 9.17) is 9.47 Å². The zero-order valence-electron chi connectivity index (χ0n) is 16.5. The monoisotopic (exact) mass is 401 g/mol. The minimum atomic E-state index is -0.695. The summed E-state index contributed by atoms with van der Waals surface area (Å²) in [5, 5.41) is 12.5. The second-order valence-electron chi connectivity index (χ2n) is 6.90. The van der Waals surface area contributed by atoms with Crippen molar-refractivity contribution in [2.75, 3.05) is 19.1 Å². The highest BCUT2D eigenvalue weighted by molar-refractivity contribution is 7.10. The molecule has 1 atom stereocenters. The largest absolute Gasteiger partial charge is 0.503 e. The number of carbonyl (C=O) groups is 2. The molecule has 2 heterocycles. The fourth-order valence-corrected chi connectivity index (χ4v) is 4.30. The standard InChI is InChI=1S/C21H23NO5S/c1-11(2)18(23)16-17(20-12(3)6-7-28-20)22(21(25)19(16)24)13-8-14(26-4)10-15(9-13)27-5/h6-11,17,24H,1-5H3. The molecule has 0 aliphatic carbocycles. The number of Topliss-reactive ketones (excluding diaryl/α,β-unsaturated/α-hetero) is 1. The lowest BCUT2D eigenvalue weighted by atomic mass is 9.93. The summed E-state index contributed by atoms with van der Waals surface area (Å²) in [5.41, 5.74) is 1.57. The zero-order valence-corrected chi connectivity index (χ0v) is 17.3. The first-order valence-corrected chi connectivity index (χ1v) is 9.76. The van der Waals surface area contributed by atoms with Crippen LogP contribution < -0.4 is 14.4 Å². The van der Waals surface area contributed by atoms with Crippen LogP contribution in [0, 0.1) is 12.8 Å². The number of rotatable bonds is 6. The average molecular weight is 401 g/mol. The summed E-state index contributed by atoms with van der Waals surface area (Å²) in [7, 11) is 3.05. The van der Waals surface area contributed by atoms with Gasteiger partial charge >= 0.3 is 0 Å². The molecule has 1 aliphatic rings. The van der Waals surface area contributed by atoms with Crippen LogP contribution >= 0.6 is 11.3 Å². The van der Waals surface area contributed by atoms with Gasteiger partial charge in [0.15, 0.2) is 11.5 Å². The zero-order chi connectivity index (χ0) is 20.6. The number of ketones is 1. The normalized spacial score (nSPS) is 16.9. The van der Waals surface area contributed by atoms with Crippen molar-refractivity contribution in [1.82, 2.24) is 0 Å². The maximum absolute atomic E-state index is 13.0. The van der Waals surface area contributed by atoms with Crippen molar-refractivity contribution in [1.29, 1.82) is 0 Å². The van der Waals surface area contributed by atoms with Crippen molar-refractivity contribution in [2.24, 2.45) is 5.92 Å². The summed E-state index contributed by atoms with van der Waals surface area (Å²) < 4.78 is 10.6. The number of hydrogen-bond acceptors (Lipinski definition) is 6. The number of thiophene rings is 1. The summed E-state index contributed by atoms with van der Waals surface area (Å²) in [6.45, 7) is 5.43. The van der Waals surface area contributed by atoms with E-state index in [1.807, 2.05) is 18.4 Å². The fraction of sp³-hybridized carbons (Fsp3) is 0.333. The molecule has 1 N–H and O–H groups in total. The number of amides is 1. The van der Waals surface area contributed by atoms with Crippen LogP contribution in [0.25, 0.3) is 0 Å². The van der Waals surface area contributed by atoms with Crippen molar-refractivity contribution in [3.8, 4) is 11.5 Å². The van der Waals surface area contributed by atoms with Gasteiger partial charge in [-0.15, -0.1) is 11.3 Å². The summed E-state index contributed by atoms with van der Waals surface area (Å²) in [6.07, 6.45) is 0. The number of aliphatic hydroxyl groups is 1. The van der Waals surface area contributed by atoms with Crippen LogP contribution in [0.2, 0.25) is 0 Å². The van der Waals surface area contributed by atoms with Gasteiger partial charge in [-0.1, -0.05) is 13.8 Å². The molecule has 1 aromatic heterocycles. The molecule has 0 bridgehead atoms. The predicted molar refractivity (Wildman–Crippen MR) is 108 cm³/mol. The number of ether oxygens (including phenoxy) is 2. The first-order valence-electron chi connectivity index (χ1n) is 8.88. The maximum Gasteiger partial charge on any atom is 0.294 e. The molecule has 1 amide bonds. The molecule has 1 aromatic carbocycles. The highest BCUT2D eigenvalue weighted by Gasteiger charge is 2.46. The third-order valence-corrected chi connectivity index (χ3v) is 5.83. The van der Waals surface area contributed by atoms with Gasteiger partial charge in [0.1, 0.15) is 17.5 Å². The van der Waals surface area contributed by atoms with Crippen LogP contribution in [-0.4, -0.2) is 31.0 Å². The maximum atomic E-state index is 13.0. The Morgan fingerprint density at radius 2 is 1.79 bits per heavy atom. The van der Waals surface area contributed by atoms with E-state index in [0.29, 0.717) is 17.2 Å². The van der Waals surface area contributed by atoms with Gasteiger partial charge in [-0.25, -0.2) is 0 Å². The third-order valence-electron chi connectivity index (χ3n) is 4.76. The Bertz CT molecular complexity index is 937. The van der Waals surface area contributed by atoms with Gasteiger partial charge in [0.2, 0.25) is 0 Å². The molecule has 0 saturated carbocycles. The molecule has 28 heavy (non-hydrogen) atoms. The molecule has 0 spiro atoms. The van der Waals surface area contributed by atoms with Crippen molar-refractivity contribution in [3.05, 3.63) is 51.4 Å². The number of aliphatic hydroxyl groups excluding tert-OH is 1. The molecular formula is C21H23NO5S. The number of methoxy groups -OCH3 is 2. The molecule has 2 aromatic rings. The van der Waals surface area contributed by atoms with Gasteiger partial charge in [0.25, 0.3) is 5.91 Å². The van der Waals surface area contributed by atoms with Crippen LogP contribution in [0.3, 0.4) is 0 Å². The number of carbonyl (C=O) groups excluding carboxylic acids is 2.